The zero-order valence-electron chi connectivity index (χ0n) is 11.6. The second kappa shape index (κ2) is 6.28. The van der Waals surface area contributed by atoms with Crippen molar-refractivity contribution in [3.8, 4) is 11.5 Å². The molecule has 1 atom stereocenters. The molecule has 0 aliphatic heterocycles. The maximum atomic E-state index is 10.6. The van der Waals surface area contributed by atoms with E-state index in [0.717, 1.165) is 4.47 Å². The molecule has 1 aromatic carbocycles. The molecule has 1 N–H and O–H groups in total. The molecule has 20 heavy (non-hydrogen) atoms. The first-order valence-corrected chi connectivity index (χ1v) is 7.02. The van der Waals surface area contributed by atoms with E-state index in [0.29, 0.717) is 29.3 Å². The fraction of sp³-hybridized carbons (Fsp3) is 0.357. The van der Waals surface area contributed by atoms with Crippen molar-refractivity contribution in [2.45, 2.75) is 19.6 Å². The Morgan fingerprint density at radius 3 is 2.70 bits per heavy atom. The molecule has 2 aromatic rings. The summed E-state index contributed by atoms with van der Waals surface area (Å²) in [5.74, 6) is 1.26. The van der Waals surface area contributed by atoms with Gasteiger partial charge in [0.1, 0.15) is 17.6 Å². The molecule has 0 radical (unpaired) electrons. The van der Waals surface area contributed by atoms with Crippen LogP contribution in [-0.4, -0.2) is 29.1 Å². The summed E-state index contributed by atoms with van der Waals surface area (Å²) in [6.07, 6.45) is 0.852. The Morgan fingerprint density at radius 1 is 1.35 bits per heavy atom. The third kappa shape index (κ3) is 2.66. The van der Waals surface area contributed by atoms with Crippen LogP contribution in [0.3, 0.4) is 0 Å². The van der Waals surface area contributed by atoms with Crippen LogP contribution in [0.4, 0.5) is 0 Å². The minimum absolute atomic E-state index is 0.576. The average Bonchev–Trinajstić information content (AvgIpc) is 2.86. The van der Waals surface area contributed by atoms with E-state index < -0.39 is 6.10 Å². The van der Waals surface area contributed by atoms with Crippen LogP contribution >= 0.6 is 15.9 Å². The number of rotatable bonds is 5. The average molecular weight is 341 g/mol. The van der Waals surface area contributed by atoms with Crippen molar-refractivity contribution in [1.82, 2.24) is 9.78 Å². The quantitative estimate of drug-likeness (QED) is 0.909. The largest absolute Gasteiger partial charge is 0.497 e. The number of aliphatic hydroxyl groups is 1. The minimum atomic E-state index is -0.826. The molecule has 5 nitrogen and oxygen atoms in total. The Kier molecular flexibility index (Phi) is 4.67. The molecule has 0 amide bonds. The van der Waals surface area contributed by atoms with E-state index in [1.165, 1.54) is 0 Å². The lowest BCUT2D eigenvalue weighted by Crippen LogP contribution is -2.10. The van der Waals surface area contributed by atoms with Gasteiger partial charge in [0.15, 0.2) is 0 Å². The van der Waals surface area contributed by atoms with Crippen molar-refractivity contribution in [3.05, 3.63) is 40.1 Å². The minimum Gasteiger partial charge on any atom is -0.497 e. The molecule has 1 aromatic heterocycles. The highest BCUT2D eigenvalue weighted by molar-refractivity contribution is 9.10. The number of aliphatic hydroxyl groups excluding tert-OH is 1. The van der Waals surface area contributed by atoms with Crippen LogP contribution in [0.15, 0.2) is 28.9 Å². The van der Waals surface area contributed by atoms with Gasteiger partial charge >= 0.3 is 0 Å². The third-order valence-corrected chi connectivity index (χ3v) is 3.74. The first-order chi connectivity index (χ1) is 9.62. The van der Waals surface area contributed by atoms with Gasteiger partial charge in [-0.1, -0.05) is 0 Å². The van der Waals surface area contributed by atoms with E-state index in [9.17, 15) is 5.11 Å². The third-order valence-electron chi connectivity index (χ3n) is 3.13. The second-order valence-electron chi connectivity index (χ2n) is 4.20. The number of methoxy groups -OCH3 is 2. The molecule has 6 heteroatoms. The Balaban J connectivity index is 2.47. The lowest BCUT2D eigenvalue weighted by atomic mass is 10.0. The van der Waals surface area contributed by atoms with Crippen molar-refractivity contribution in [1.29, 1.82) is 0 Å². The Bertz CT molecular complexity index is 598. The van der Waals surface area contributed by atoms with Crippen molar-refractivity contribution in [2.24, 2.45) is 0 Å². The van der Waals surface area contributed by atoms with Gasteiger partial charge in [0.25, 0.3) is 0 Å². The molecule has 0 bridgehead atoms. The molecule has 0 saturated heterocycles. The summed E-state index contributed by atoms with van der Waals surface area (Å²) in [5.41, 5.74) is 1.38. The summed E-state index contributed by atoms with van der Waals surface area (Å²) in [6.45, 7) is 2.65. The molecular weight excluding hydrogens is 324 g/mol. The number of ether oxygens (including phenoxy) is 2. The molecular formula is C14H17BrN2O3. The smallest absolute Gasteiger partial charge is 0.128 e. The Labute approximate surface area is 126 Å². The number of aromatic nitrogens is 2. The van der Waals surface area contributed by atoms with Crippen LogP contribution in [-0.2, 0) is 6.54 Å². The molecule has 108 valence electrons. The number of aryl methyl sites for hydroxylation is 1. The summed E-state index contributed by atoms with van der Waals surface area (Å²) < 4.78 is 13.0. The SMILES string of the molecule is CCn1ncc(Br)c1C(O)c1ccc(OC)cc1OC. The van der Waals surface area contributed by atoms with Crippen molar-refractivity contribution >= 4 is 15.9 Å². The first kappa shape index (κ1) is 14.9. The van der Waals surface area contributed by atoms with E-state index in [-0.39, 0.29) is 0 Å². The van der Waals surface area contributed by atoms with E-state index in [2.05, 4.69) is 21.0 Å². The van der Waals surface area contributed by atoms with Crippen LogP contribution in [0.25, 0.3) is 0 Å². The molecule has 0 spiro atoms. The second-order valence-corrected chi connectivity index (χ2v) is 5.06. The molecule has 1 heterocycles. The van der Waals surface area contributed by atoms with Gasteiger partial charge in [0, 0.05) is 18.2 Å². The Hall–Kier alpha value is -1.53. The van der Waals surface area contributed by atoms with E-state index in [1.807, 2.05) is 6.92 Å². The number of hydrogen-bond acceptors (Lipinski definition) is 4. The van der Waals surface area contributed by atoms with Gasteiger partial charge in [0.2, 0.25) is 0 Å². The summed E-state index contributed by atoms with van der Waals surface area (Å²) in [7, 11) is 3.16. The number of hydrogen-bond donors (Lipinski definition) is 1. The Morgan fingerprint density at radius 2 is 2.10 bits per heavy atom. The summed E-state index contributed by atoms with van der Waals surface area (Å²) >= 11 is 3.42. The highest BCUT2D eigenvalue weighted by Gasteiger charge is 2.22. The van der Waals surface area contributed by atoms with Crippen LogP contribution in [0.2, 0.25) is 0 Å². The van der Waals surface area contributed by atoms with Crippen LogP contribution in [0.5, 0.6) is 11.5 Å². The summed E-state index contributed by atoms with van der Waals surface area (Å²) in [4.78, 5) is 0. The van der Waals surface area contributed by atoms with Crippen molar-refractivity contribution in [2.75, 3.05) is 14.2 Å². The van der Waals surface area contributed by atoms with Crippen molar-refractivity contribution in [3.63, 3.8) is 0 Å². The van der Waals surface area contributed by atoms with Gasteiger partial charge in [-0.15, -0.1) is 0 Å². The normalized spacial score (nSPS) is 12.2. The fourth-order valence-electron chi connectivity index (χ4n) is 2.09. The maximum absolute atomic E-state index is 10.6. The van der Waals surface area contributed by atoms with Gasteiger partial charge < -0.3 is 14.6 Å². The standard InChI is InChI=1S/C14H17BrN2O3/c1-4-17-13(11(15)8-16-17)14(18)10-6-5-9(19-2)7-12(10)20-3/h5-8,14,18H,4H2,1-3H3. The zero-order valence-corrected chi connectivity index (χ0v) is 13.2. The van der Waals surface area contributed by atoms with Gasteiger partial charge in [-0.05, 0) is 35.0 Å². The molecule has 1 unspecified atom stereocenters. The van der Waals surface area contributed by atoms with Gasteiger partial charge in [-0.25, -0.2) is 0 Å². The number of halogens is 1. The van der Waals surface area contributed by atoms with Gasteiger partial charge in [-0.3, -0.25) is 4.68 Å². The monoisotopic (exact) mass is 340 g/mol. The van der Waals surface area contributed by atoms with Crippen LogP contribution < -0.4 is 9.47 Å². The molecule has 0 aliphatic rings. The molecule has 0 saturated carbocycles. The predicted octanol–water partition coefficient (Wildman–Crippen LogP) is 2.76. The highest BCUT2D eigenvalue weighted by atomic mass is 79.9. The summed E-state index contributed by atoms with van der Waals surface area (Å²) in [6, 6.07) is 5.34. The van der Waals surface area contributed by atoms with E-state index in [1.54, 1.807) is 43.3 Å². The lowest BCUT2D eigenvalue weighted by Gasteiger charge is -2.17. The summed E-state index contributed by atoms with van der Waals surface area (Å²) in [5, 5.41) is 14.9. The molecule has 2 rings (SSSR count). The van der Waals surface area contributed by atoms with Crippen LogP contribution in [0, 0.1) is 0 Å². The maximum Gasteiger partial charge on any atom is 0.128 e. The topological polar surface area (TPSA) is 56.5 Å². The molecule has 0 aliphatic carbocycles. The molecule has 0 fully saturated rings. The number of benzene rings is 1. The zero-order chi connectivity index (χ0) is 14.7. The fourth-order valence-corrected chi connectivity index (χ4v) is 2.60. The number of nitrogens with zero attached hydrogens (tertiary/aromatic N) is 2. The van der Waals surface area contributed by atoms with E-state index in [4.69, 9.17) is 9.47 Å². The first-order valence-electron chi connectivity index (χ1n) is 6.23. The van der Waals surface area contributed by atoms with Crippen molar-refractivity contribution < 1.29 is 14.6 Å². The predicted molar refractivity (Wildman–Crippen MR) is 79.2 cm³/mol. The van der Waals surface area contributed by atoms with Gasteiger partial charge in [0.05, 0.1) is 30.6 Å². The highest BCUT2D eigenvalue weighted by Crippen LogP contribution is 2.35. The van der Waals surface area contributed by atoms with Gasteiger partial charge in [-0.2, -0.15) is 5.10 Å². The lowest BCUT2D eigenvalue weighted by molar-refractivity contribution is 0.202. The van der Waals surface area contributed by atoms with E-state index >= 15 is 0 Å². The van der Waals surface area contributed by atoms with Crippen LogP contribution in [0.1, 0.15) is 24.3 Å².